The highest BCUT2D eigenvalue weighted by molar-refractivity contribution is 6.21. The number of hydrogen-bond donors (Lipinski definition) is 5. The molecule has 0 aromatic carbocycles. The smallest absolute Gasteiger partial charge is 0.322 e. The maximum atomic E-state index is 11.5. The summed E-state index contributed by atoms with van der Waals surface area (Å²) in [6.45, 7) is 0.256. The zero-order valence-corrected chi connectivity index (χ0v) is 8.69. The minimum absolute atomic E-state index is 0.256. The normalized spacial score (nSPS) is 31.9. The largest absolute Gasteiger partial charge is 0.324 e. The lowest BCUT2D eigenvalue weighted by molar-refractivity contribution is 0.149. The summed E-state index contributed by atoms with van der Waals surface area (Å²) in [5.74, 6) is 4.84. The minimum atomic E-state index is -0.670. The van der Waals surface area contributed by atoms with Gasteiger partial charge in [-0.2, -0.15) is 5.10 Å². The van der Waals surface area contributed by atoms with Crippen LogP contribution in [-0.2, 0) is 0 Å². The number of carbonyl (C=O) groups is 1. The number of nitrogens with two attached hydrogens (primary N) is 3. The van der Waals surface area contributed by atoms with Crippen LogP contribution in [-0.4, -0.2) is 41.6 Å². The van der Waals surface area contributed by atoms with Gasteiger partial charge in [-0.25, -0.2) is 4.79 Å². The van der Waals surface area contributed by atoms with Gasteiger partial charge >= 0.3 is 6.03 Å². The van der Waals surface area contributed by atoms with Crippen LogP contribution < -0.4 is 27.9 Å². The van der Waals surface area contributed by atoms with Crippen LogP contribution in [0, 0.1) is 0 Å². The number of halogens is 1. The van der Waals surface area contributed by atoms with E-state index < -0.39 is 23.9 Å². The van der Waals surface area contributed by atoms with Gasteiger partial charge in [0.1, 0.15) is 11.8 Å². The number of nitrogens with one attached hydrogen (secondary N) is 2. The van der Waals surface area contributed by atoms with Crippen molar-refractivity contribution < 1.29 is 4.79 Å². The van der Waals surface area contributed by atoms with E-state index in [1.807, 2.05) is 0 Å². The summed E-state index contributed by atoms with van der Waals surface area (Å²) in [5.41, 5.74) is 10.6. The average Bonchev–Trinajstić information content (AvgIpc) is 2.19. The number of rotatable bonds is 1. The third-order valence-electron chi connectivity index (χ3n) is 1.92. The molecule has 0 aromatic rings. The van der Waals surface area contributed by atoms with E-state index in [2.05, 4.69) is 15.7 Å². The number of hydrazone groups is 1. The number of hydrogen-bond acceptors (Lipinski definition) is 6. The second-order valence-electron chi connectivity index (χ2n) is 3.05. The molecule has 3 unspecified atom stereocenters. The van der Waals surface area contributed by atoms with Crippen LogP contribution in [0.1, 0.15) is 0 Å². The lowest BCUT2D eigenvalue weighted by Crippen LogP contribution is -2.68. The number of carbonyl (C=O) groups excluding carboxylic acids is 1. The van der Waals surface area contributed by atoms with Gasteiger partial charge in [0.05, 0.1) is 18.9 Å². The van der Waals surface area contributed by atoms with E-state index in [1.54, 1.807) is 0 Å². The maximum absolute atomic E-state index is 11.5. The average molecular weight is 236 g/mol. The van der Waals surface area contributed by atoms with Gasteiger partial charge in [-0.3, -0.25) is 10.6 Å². The summed E-state index contributed by atoms with van der Waals surface area (Å²) < 4.78 is 0. The van der Waals surface area contributed by atoms with Gasteiger partial charge in [0.25, 0.3) is 0 Å². The van der Waals surface area contributed by atoms with Crippen molar-refractivity contribution in [2.45, 2.75) is 17.8 Å². The Morgan fingerprint density at radius 3 is 2.93 bits per heavy atom. The predicted molar refractivity (Wildman–Crippen MR) is 56.6 cm³/mol. The summed E-state index contributed by atoms with van der Waals surface area (Å²) in [6.07, 6.45) is 0.0805. The molecule has 1 aliphatic rings. The highest BCUT2D eigenvalue weighted by Crippen LogP contribution is 2.12. The molecule has 1 fully saturated rings. The first-order chi connectivity index (χ1) is 7.06. The molecule has 1 saturated heterocycles. The summed E-state index contributed by atoms with van der Waals surface area (Å²) in [6, 6.07) is -0.448. The third kappa shape index (κ3) is 2.93. The first-order valence-corrected chi connectivity index (χ1v) is 4.70. The summed E-state index contributed by atoms with van der Waals surface area (Å²) in [7, 11) is 0. The molecule has 86 valence electrons. The Morgan fingerprint density at radius 1 is 1.67 bits per heavy atom. The van der Waals surface area contributed by atoms with Crippen molar-refractivity contribution in [3.63, 3.8) is 0 Å². The van der Waals surface area contributed by atoms with Crippen LogP contribution >= 0.6 is 11.6 Å². The van der Waals surface area contributed by atoms with E-state index in [4.69, 9.17) is 28.9 Å². The molecule has 8 nitrogen and oxygen atoms in total. The molecule has 8 N–H and O–H groups in total. The van der Waals surface area contributed by atoms with E-state index in [0.717, 1.165) is 6.34 Å². The lowest BCUT2D eigenvalue weighted by Gasteiger charge is -2.39. The Kier molecular flexibility index (Phi) is 4.09. The molecule has 0 saturated carbocycles. The van der Waals surface area contributed by atoms with Gasteiger partial charge in [0.15, 0.2) is 0 Å². The number of urea groups is 1. The Hall–Kier alpha value is -1.09. The fourth-order valence-corrected chi connectivity index (χ4v) is 1.50. The van der Waals surface area contributed by atoms with Crippen molar-refractivity contribution in [3.8, 4) is 0 Å². The SMILES string of the molecule is NN=CNC(=O)N1CC(N)NC(N)C1Cl. The maximum Gasteiger partial charge on any atom is 0.324 e. The highest BCUT2D eigenvalue weighted by Gasteiger charge is 2.33. The molecule has 3 atom stereocenters. The van der Waals surface area contributed by atoms with Crippen LogP contribution in [0.4, 0.5) is 4.79 Å². The van der Waals surface area contributed by atoms with Crippen LogP contribution in [0.5, 0.6) is 0 Å². The van der Waals surface area contributed by atoms with Gasteiger partial charge in [-0.1, -0.05) is 11.6 Å². The summed E-state index contributed by atoms with van der Waals surface area (Å²) in [5, 5.41) is 8.26. The van der Waals surface area contributed by atoms with Gasteiger partial charge < -0.3 is 22.2 Å². The van der Waals surface area contributed by atoms with E-state index in [1.165, 1.54) is 4.90 Å². The van der Waals surface area contributed by atoms with E-state index in [-0.39, 0.29) is 6.54 Å². The molecule has 0 bridgehead atoms. The molecule has 0 spiro atoms. The lowest BCUT2D eigenvalue weighted by atomic mass is 10.3. The van der Waals surface area contributed by atoms with Crippen molar-refractivity contribution in [1.29, 1.82) is 0 Å². The number of piperazine rings is 1. The molecule has 0 aliphatic carbocycles. The molecule has 1 rings (SSSR count). The Balaban J connectivity index is 2.61. The first-order valence-electron chi connectivity index (χ1n) is 4.26. The number of nitrogens with zero attached hydrogens (tertiary/aromatic N) is 2. The first kappa shape index (κ1) is 12.0. The predicted octanol–water partition coefficient (Wildman–Crippen LogP) is -2.36. The summed E-state index contributed by atoms with van der Waals surface area (Å²) >= 11 is 5.92. The van der Waals surface area contributed by atoms with Crippen LogP contribution in [0.15, 0.2) is 5.10 Å². The van der Waals surface area contributed by atoms with E-state index >= 15 is 0 Å². The second kappa shape index (κ2) is 5.12. The Labute approximate surface area is 91.8 Å². The molecule has 1 heterocycles. The van der Waals surface area contributed by atoms with Crippen molar-refractivity contribution in [2.75, 3.05) is 6.54 Å². The second-order valence-corrected chi connectivity index (χ2v) is 3.50. The van der Waals surface area contributed by atoms with Gasteiger partial charge in [-0.05, 0) is 0 Å². The van der Waals surface area contributed by atoms with Crippen molar-refractivity contribution in [2.24, 2.45) is 22.4 Å². The quantitative estimate of drug-likeness (QED) is 0.0865. The number of amides is 2. The molecular formula is C6H14ClN7O. The van der Waals surface area contributed by atoms with Crippen LogP contribution in [0.3, 0.4) is 0 Å². The molecule has 0 radical (unpaired) electrons. The molecular weight excluding hydrogens is 222 g/mol. The topological polar surface area (TPSA) is 135 Å². The Morgan fingerprint density at radius 2 is 2.33 bits per heavy atom. The fraction of sp³-hybridized carbons (Fsp3) is 0.667. The highest BCUT2D eigenvalue weighted by atomic mass is 35.5. The van der Waals surface area contributed by atoms with E-state index in [0.29, 0.717) is 0 Å². The Bertz CT molecular complexity index is 260. The standard InChI is InChI=1S/C6H14ClN7O/c7-4-5(9)13-3(8)1-14(4)6(15)11-2-12-10/h2-5,13H,1,8-10H2,(H,11,12,15). The van der Waals surface area contributed by atoms with Crippen molar-refractivity contribution >= 4 is 24.0 Å². The third-order valence-corrected chi connectivity index (χ3v) is 2.42. The van der Waals surface area contributed by atoms with Gasteiger partial charge in [-0.15, -0.1) is 0 Å². The molecule has 15 heavy (non-hydrogen) atoms. The molecule has 9 heteroatoms. The van der Waals surface area contributed by atoms with Crippen molar-refractivity contribution in [1.82, 2.24) is 15.5 Å². The van der Waals surface area contributed by atoms with Crippen molar-refractivity contribution in [3.05, 3.63) is 0 Å². The minimum Gasteiger partial charge on any atom is -0.322 e. The zero-order chi connectivity index (χ0) is 11.4. The zero-order valence-electron chi connectivity index (χ0n) is 7.93. The van der Waals surface area contributed by atoms with Crippen LogP contribution in [0.25, 0.3) is 0 Å². The molecule has 1 aliphatic heterocycles. The van der Waals surface area contributed by atoms with Crippen LogP contribution in [0.2, 0.25) is 0 Å². The molecule has 0 aromatic heterocycles. The fourth-order valence-electron chi connectivity index (χ4n) is 1.26. The van der Waals surface area contributed by atoms with Gasteiger partial charge in [0, 0.05) is 0 Å². The monoisotopic (exact) mass is 235 g/mol. The molecule has 2 amide bonds. The van der Waals surface area contributed by atoms with Gasteiger partial charge in [0.2, 0.25) is 0 Å². The number of alkyl halides is 1. The summed E-state index contributed by atoms with van der Waals surface area (Å²) in [4.78, 5) is 12.8. The van der Waals surface area contributed by atoms with E-state index in [9.17, 15) is 4.79 Å².